The topological polar surface area (TPSA) is 113 Å². The second kappa shape index (κ2) is 4.72. The number of aromatic carboxylic acids is 1. The summed E-state index contributed by atoms with van der Waals surface area (Å²) in [5, 5.41) is 11.9. The van der Waals surface area contributed by atoms with Crippen LogP contribution in [0.25, 0.3) is 0 Å². The Morgan fingerprint density at radius 1 is 1.43 bits per heavy atom. The summed E-state index contributed by atoms with van der Waals surface area (Å²) in [6.45, 7) is 0. The van der Waals surface area contributed by atoms with Gasteiger partial charge in [-0.25, -0.2) is 14.8 Å². The van der Waals surface area contributed by atoms with Crippen molar-refractivity contribution in [3.8, 4) is 0 Å². The molecule has 1 aliphatic carbocycles. The van der Waals surface area contributed by atoms with Crippen molar-refractivity contribution in [1.29, 1.82) is 0 Å². The van der Waals surface area contributed by atoms with Crippen molar-refractivity contribution in [2.24, 2.45) is 7.05 Å². The molecule has 0 bridgehead atoms. The third-order valence-corrected chi connectivity index (χ3v) is 3.76. The fraction of sp³-hybridized carbons (Fsp3) is 0.385. The summed E-state index contributed by atoms with van der Waals surface area (Å²) in [6.07, 6.45) is 6.84. The first kappa shape index (κ1) is 13.3. The van der Waals surface area contributed by atoms with Gasteiger partial charge in [0.2, 0.25) is 0 Å². The van der Waals surface area contributed by atoms with E-state index in [0.717, 1.165) is 19.3 Å². The van der Waals surface area contributed by atoms with E-state index in [1.165, 1.54) is 6.20 Å². The van der Waals surface area contributed by atoms with Crippen LogP contribution < -0.4 is 5.32 Å². The lowest BCUT2D eigenvalue weighted by atomic mass is 9.76. The van der Waals surface area contributed by atoms with E-state index >= 15 is 0 Å². The van der Waals surface area contributed by atoms with Gasteiger partial charge in [0.25, 0.3) is 5.91 Å². The number of imidazole rings is 2. The molecule has 1 aliphatic rings. The number of rotatable bonds is 4. The first-order chi connectivity index (χ1) is 10.00. The first-order valence-corrected chi connectivity index (χ1v) is 6.59. The molecule has 0 unspecified atom stereocenters. The van der Waals surface area contributed by atoms with E-state index in [1.54, 1.807) is 24.1 Å². The largest absolute Gasteiger partial charge is 0.477 e. The molecule has 1 saturated carbocycles. The monoisotopic (exact) mass is 289 g/mol. The quantitative estimate of drug-likeness (QED) is 0.765. The second-order valence-electron chi connectivity index (χ2n) is 5.26. The minimum absolute atomic E-state index is 0.0170. The van der Waals surface area contributed by atoms with Gasteiger partial charge in [0.05, 0.1) is 18.1 Å². The fourth-order valence-electron chi connectivity index (χ4n) is 2.44. The zero-order valence-electron chi connectivity index (χ0n) is 11.5. The van der Waals surface area contributed by atoms with Crippen LogP contribution in [0.4, 0.5) is 0 Å². The molecular formula is C13H15N5O3. The molecule has 2 aromatic rings. The van der Waals surface area contributed by atoms with Crippen molar-refractivity contribution < 1.29 is 14.7 Å². The SMILES string of the molecule is Cn1cnc(C(=O)NC2(c3ncc(C(=O)O)[nH]3)CCC2)c1. The normalized spacial score (nSPS) is 16.2. The number of carboxylic acids is 1. The molecule has 1 amide bonds. The zero-order chi connectivity index (χ0) is 15.0. The van der Waals surface area contributed by atoms with Crippen molar-refractivity contribution >= 4 is 11.9 Å². The lowest BCUT2D eigenvalue weighted by Crippen LogP contribution is -2.51. The van der Waals surface area contributed by atoms with Gasteiger partial charge in [-0.3, -0.25) is 4.79 Å². The number of H-pyrrole nitrogens is 1. The Labute approximate surface area is 120 Å². The molecule has 0 saturated heterocycles. The molecule has 0 aliphatic heterocycles. The van der Waals surface area contributed by atoms with Crippen LogP contribution in [0.1, 0.15) is 46.1 Å². The van der Waals surface area contributed by atoms with Gasteiger partial charge in [0.15, 0.2) is 0 Å². The van der Waals surface area contributed by atoms with Crippen molar-refractivity contribution in [3.63, 3.8) is 0 Å². The lowest BCUT2D eigenvalue weighted by Gasteiger charge is -2.40. The van der Waals surface area contributed by atoms with Crippen molar-refractivity contribution in [1.82, 2.24) is 24.8 Å². The Kier molecular flexibility index (Phi) is 3.00. The van der Waals surface area contributed by atoms with Gasteiger partial charge in [0, 0.05) is 13.2 Å². The Bertz CT molecular complexity index is 698. The molecule has 1 fully saturated rings. The molecule has 8 nitrogen and oxygen atoms in total. The van der Waals surface area contributed by atoms with Crippen LogP contribution >= 0.6 is 0 Å². The third kappa shape index (κ3) is 2.28. The van der Waals surface area contributed by atoms with Gasteiger partial charge in [-0.05, 0) is 19.3 Å². The van der Waals surface area contributed by atoms with Gasteiger partial charge >= 0.3 is 5.97 Å². The number of amides is 1. The van der Waals surface area contributed by atoms with Gasteiger partial charge < -0.3 is 20.0 Å². The second-order valence-corrected chi connectivity index (χ2v) is 5.26. The number of carbonyl (C=O) groups excluding carboxylic acids is 1. The van der Waals surface area contributed by atoms with Gasteiger partial charge in [-0.15, -0.1) is 0 Å². The lowest BCUT2D eigenvalue weighted by molar-refractivity contribution is 0.0690. The molecule has 3 rings (SSSR count). The summed E-state index contributed by atoms with van der Waals surface area (Å²) in [4.78, 5) is 34.0. The highest BCUT2D eigenvalue weighted by Crippen LogP contribution is 2.39. The molecule has 110 valence electrons. The number of aromatic nitrogens is 4. The van der Waals surface area contributed by atoms with Crippen LogP contribution in [-0.4, -0.2) is 36.5 Å². The molecular weight excluding hydrogens is 274 g/mol. The standard InChI is InChI=1S/C13H15N5O3/c1-18-6-9(15-7-18)10(19)17-13(3-2-4-13)12-14-5-8(16-12)11(20)21/h5-7H,2-4H2,1H3,(H,14,16)(H,17,19)(H,20,21). The molecule has 3 N–H and O–H groups in total. The van der Waals surface area contributed by atoms with Crippen LogP contribution in [0.5, 0.6) is 0 Å². The summed E-state index contributed by atoms with van der Waals surface area (Å²) in [7, 11) is 1.79. The predicted molar refractivity (Wildman–Crippen MR) is 71.8 cm³/mol. The average Bonchev–Trinajstić information content (AvgIpc) is 3.02. The minimum Gasteiger partial charge on any atom is -0.477 e. The van der Waals surface area contributed by atoms with Gasteiger partial charge in [-0.1, -0.05) is 0 Å². The van der Waals surface area contributed by atoms with E-state index in [9.17, 15) is 9.59 Å². The highest BCUT2D eigenvalue weighted by atomic mass is 16.4. The Balaban J connectivity index is 1.83. The van der Waals surface area contributed by atoms with E-state index in [0.29, 0.717) is 11.5 Å². The smallest absolute Gasteiger partial charge is 0.353 e. The molecule has 0 atom stereocenters. The van der Waals surface area contributed by atoms with Crippen molar-refractivity contribution in [2.45, 2.75) is 24.8 Å². The molecule has 21 heavy (non-hydrogen) atoms. The van der Waals surface area contributed by atoms with E-state index in [1.807, 2.05) is 0 Å². The maximum absolute atomic E-state index is 12.2. The summed E-state index contributed by atoms with van der Waals surface area (Å²) < 4.78 is 1.69. The molecule has 8 heteroatoms. The van der Waals surface area contributed by atoms with Crippen LogP contribution in [0.15, 0.2) is 18.7 Å². The Morgan fingerprint density at radius 2 is 2.19 bits per heavy atom. The molecule has 0 radical (unpaired) electrons. The molecule has 2 heterocycles. The number of aromatic amines is 1. The van der Waals surface area contributed by atoms with Gasteiger partial charge in [-0.2, -0.15) is 0 Å². The summed E-state index contributed by atoms with van der Waals surface area (Å²) in [5.41, 5.74) is -0.278. The molecule has 0 aromatic carbocycles. The average molecular weight is 289 g/mol. The number of hydrogen-bond acceptors (Lipinski definition) is 4. The van der Waals surface area contributed by atoms with Crippen LogP contribution in [-0.2, 0) is 12.6 Å². The number of nitrogens with one attached hydrogen (secondary N) is 2. The molecule has 0 spiro atoms. The maximum atomic E-state index is 12.2. The number of hydrogen-bond donors (Lipinski definition) is 3. The van der Waals surface area contributed by atoms with Crippen LogP contribution in [0.3, 0.4) is 0 Å². The van der Waals surface area contributed by atoms with Crippen LogP contribution in [0, 0.1) is 0 Å². The summed E-state index contributed by atoms with van der Waals surface area (Å²) >= 11 is 0. The Morgan fingerprint density at radius 3 is 2.67 bits per heavy atom. The van der Waals surface area contributed by atoms with Crippen molar-refractivity contribution in [3.05, 3.63) is 35.9 Å². The molecule has 2 aromatic heterocycles. The first-order valence-electron chi connectivity index (χ1n) is 6.59. The number of carbonyl (C=O) groups is 2. The summed E-state index contributed by atoms with van der Waals surface area (Å²) in [5.74, 6) is -0.877. The zero-order valence-corrected chi connectivity index (χ0v) is 11.5. The Hall–Kier alpha value is -2.64. The van der Waals surface area contributed by atoms with Gasteiger partial charge in [0.1, 0.15) is 17.2 Å². The number of aryl methyl sites for hydroxylation is 1. The third-order valence-electron chi connectivity index (χ3n) is 3.76. The van der Waals surface area contributed by atoms with E-state index < -0.39 is 11.5 Å². The maximum Gasteiger partial charge on any atom is 0.353 e. The highest BCUT2D eigenvalue weighted by Gasteiger charge is 2.43. The highest BCUT2D eigenvalue weighted by molar-refractivity contribution is 5.92. The van der Waals surface area contributed by atoms with E-state index in [4.69, 9.17) is 5.11 Å². The van der Waals surface area contributed by atoms with E-state index in [2.05, 4.69) is 20.3 Å². The van der Waals surface area contributed by atoms with Crippen molar-refractivity contribution in [2.75, 3.05) is 0 Å². The minimum atomic E-state index is -1.07. The van der Waals surface area contributed by atoms with Crippen LogP contribution in [0.2, 0.25) is 0 Å². The number of carboxylic acid groups (broad SMARTS) is 1. The fourth-order valence-corrected chi connectivity index (χ4v) is 2.44. The number of nitrogens with zero attached hydrogens (tertiary/aromatic N) is 3. The van der Waals surface area contributed by atoms with E-state index in [-0.39, 0.29) is 11.6 Å². The summed E-state index contributed by atoms with van der Waals surface area (Å²) in [6, 6.07) is 0. The predicted octanol–water partition coefficient (Wildman–Crippen LogP) is 0.651.